The number of hydrogen-bond acceptors (Lipinski definition) is 6. The normalized spacial score (nSPS) is 10.6. The summed E-state index contributed by atoms with van der Waals surface area (Å²) in [7, 11) is 1.72. The summed E-state index contributed by atoms with van der Waals surface area (Å²) in [5.41, 5.74) is 1.25. The van der Waals surface area contributed by atoms with Gasteiger partial charge < -0.3 is 18.9 Å². The number of nitrogens with zero attached hydrogens (tertiary/aromatic N) is 3. The van der Waals surface area contributed by atoms with E-state index in [9.17, 15) is 4.79 Å². The molecule has 0 saturated heterocycles. The van der Waals surface area contributed by atoms with Crippen LogP contribution in [0.3, 0.4) is 0 Å². The lowest BCUT2D eigenvalue weighted by Crippen LogP contribution is -2.33. The predicted molar refractivity (Wildman–Crippen MR) is 108 cm³/mol. The number of rotatable bonds is 10. The van der Waals surface area contributed by atoms with Crippen molar-refractivity contribution in [2.24, 2.45) is 0 Å². The molecule has 152 valence electrons. The van der Waals surface area contributed by atoms with E-state index in [-0.39, 0.29) is 19.1 Å². The van der Waals surface area contributed by atoms with Crippen LogP contribution in [-0.4, -0.2) is 41.1 Å². The molecule has 0 aliphatic heterocycles. The van der Waals surface area contributed by atoms with Gasteiger partial charge in [-0.15, -0.1) is 0 Å². The minimum absolute atomic E-state index is 0.0112. The molecule has 7 heteroatoms. The first kappa shape index (κ1) is 20.4. The molecule has 0 aliphatic rings. The largest absolute Gasteiger partial charge is 0.484 e. The molecule has 0 fully saturated rings. The monoisotopic (exact) mass is 395 g/mol. The van der Waals surface area contributed by atoms with E-state index in [0.29, 0.717) is 30.4 Å². The highest BCUT2D eigenvalue weighted by molar-refractivity contribution is 5.77. The quantitative estimate of drug-likeness (QED) is 0.524. The van der Waals surface area contributed by atoms with Gasteiger partial charge in [-0.3, -0.25) is 4.79 Å². The smallest absolute Gasteiger partial charge is 0.264 e. The maximum Gasteiger partial charge on any atom is 0.264 e. The summed E-state index contributed by atoms with van der Waals surface area (Å²) in [5.74, 6) is 2.25. The Morgan fingerprint density at radius 2 is 1.76 bits per heavy atom. The highest BCUT2D eigenvalue weighted by Gasteiger charge is 2.12. The summed E-state index contributed by atoms with van der Waals surface area (Å²) < 4.78 is 16.4. The van der Waals surface area contributed by atoms with Crippen LogP contribution in [0.1, 0.15) is 24.2 Å². The maximum absolute atomic E-state index is 12.2. The van der Waals surface area contributed by atoms with Crippen LogP contribution >= 0.6 is 0 Å². The Balaban J connectivity index is 1.40. The van der Waals surface area contributed by atoms with Crippen LogP contribution in [0.25, 0.3) is 0 Å². The standard InChI is InChI=1S/C22H25N3O4/c1-3-17-9-11-19(12-10-17)27-15-21-23-20(24-29-21)13-14-25(2)22(26)16-28-18-7-5-4-6-8-18/h4-12H,3,13-16H2,1-2H3. The van der Waals surface area contributed by atoms with Crippen LogP contribution in [0, 0.1) is 0 Å². The fraction of sp³-hybridized carbons (Fsp3) is 0.318. The number of hydrogen-bond donors (Lipinski definition) is 0. The first-order valence-corrected chi connectivity index (χ1v) is 9.59. The first-order chi connectivity index (χ1) is 14.1. The Morgan fingerprint density at radius 3 is 2.48 bits per heavy atom. The van der Waals surface area contributed by atoms with Crippen molar-refractivity contribution < 1.29 is 18.8 Å². The topological polar surface area (TPSA) is 77.7 Å². The lowest BCUT2D eigenvalue weighted by atomic mass is 10.2. The minimum atomic E-state index is -0.114. The van der Waals surface area contributed by atoms with Crippen molar-refractivity contribution in [3.63, 3.8) is 0 Å². The molecule has 1 aromatic heterocycles. The third-order valence-electron chi connectivity index (χ3n) is 4.41. The second-order valence-electron chi connectivity index (χ2n) is 6.56. The number of amides is 1. The van der Waals surface area contributed by atoms with E-state index in [2.05, 4.69) is 17.1 Å². The van der Waals surface area contributed by atoms with Crippen molar-refractivity contribution in [3.05, 3.63) is 71.9 Å². The zero-order chi connectivity index (χ0) is 20.5. The van der Waals surface area contributed by atoms with Crippen LogP contribution in [-0.2, 0) is 24.2 Å². The molecule has 3 rings (SSSR count). The number of para-hydroxylation sites is 1. The van der Waals surface area contributed by atoms with Gasteiger partial charge in [0, 0.05) is 20.0 Å². The second kappa shape index (κ2) is 10.3. The minimum Gasteiger partial charge on any atom is -0.484 e. The van der Waals surface area contributed by atoms with Gasteiger partial charge >= 0.3 is 0 Å². The summed E-state index contributed by atoms with van der Waals surface area (Å²) in [6, 6.07) is 17.2. The molecular weight excluding hydrogens is 370 g/mol. The number of carbonyl (C=O) groups is 1. The molecule has 0 bridgehead atoms. The van der Waals surface area contributed by atoms with Crippen LogP contribution in [0.2, 0.25) is 0 Å². The highest BCUT2D eigenvalue weighted by Crippen LogP contribution is 2.14. The highest BCUT2D eigenvalue weighted by atomic mass is 16.5. The van der Waals surface area contributed by atoms with Gasteiger partial charge in [0.2, 0.25) is 0 Å². The van der Waals surface area contributed by atoms with Crippen molar-refractivity contribution >= 4 is 5.91 Å². The fourth-order valence-electron chi connectivity index (χ4n) is 2.58. The van der Waals surface area contributed by atoms with Crippen LogP contribution in [0.5, 0.6) is 11.5 Å². The average Bonchev–Trinajstić information content (AvgIpc) is 3.23. The summed E-state index contributed by atoms with van der Waals surface area (Å²) >= 11 is 0. The Bertz CT molecular complexity index is 894. The SMILES string of the molecule is CCc1ccc(OCc2nc(CCN(C)C(=O)COc3ccccc3)no2)cc1. The van der Waals surface area contributed by atoms with Crippen molar-refractivity contribution in [3.8, 4) is 11.5 Å². The van der Waals surface area contributed by atoms with Crippen molar-refractivity contribution in [2.75, 3.05) is 20.2 Å². The predicted octanol–water partition coefficient (Wildman–Crippen LogP) is 3.29. The molecule has 29 heavy (non-hydrogen) atoms. The molecule has 3 aromatic rings. The molecule has 0 spiro atoms. The number of carbonyl (C=O) groups excluding carboxylic acids is 1. The summed E-state index contributed by atoms with van der Waals surface area (Å²) in [6.45, 7) is 2.77. The molecular formula is C22H25N3O4. The Labute approximate surface area is 170 Å². The van der Waals surface area contributed by atoms with E-state index in [0.717, 1.165) is 12.2 Å². The van der Waals surface area contributed by atoms with Gasteiger partial charge in [0.15, 0.2) is 19.0 Å². The maximum atomic E-state index is 12.2. The Morgan fingerprint density at radius 1 is 1.03 bits per heavy atom. The fourth-order valence-corrected chi connectivity index (χ4v) is 2.58. The van der Waals surface area contributed by atoms with E-state index >= 15 is 0 Å². The first-order valence-electron chi connectivity index (χ1n) is 9.59. The zero-order valence-corrected chi connectivity index (χ0v) is 16.7. The summed E-state index contributed by atoms with van der Waals surface area (Å²) in [4.78, 5) is 18.1. The molecule has 2 aromatic carbocycles. The number of benzene rings is 2. The van der Waals surface area contributed by atoms with E-state index < -0.39 is 0 Å². The Kier molecular flexibility index (Phi) is 7.22. The average molecular weight is 395 g/mol. The number of aromatic nitrogens is 2. The molecule has 0 unspecified atom stereocenters. The van der Waals surface area contributed by atoms with Crippen molar-refractivity contribution in [1.29, 1.82) is 0 Å². The van der Waals surface area contributed by atoms with Crippen LogP contribution < -0.4 is 9.47 Å². The van der Waals surface area contributed by atoms with E-state index in [1.807, 2.05) is 54.6 Å². The van der Waals surface area contributed by atoms with Gasteiger partial charge in [0.05, 0.1) is 0 Å². The lowest BCUT2D eigenvalue weighted by molar-refractivity contribution is -0.132. The van der Waals surface area contributed by atoms with Crippen LogP contribution in [0.15, 0.2) is 59.1 Å². The molecule has 1 amide bonds. The van der Waals surface area contributed by atoms with Crippen molar-refractivity contribution in [2.45, 2.75) is 26.4 Å². The summed E-state index contributed by atoms with van der Waals surface area (Å²) in [5, 5.41) is 3.95. The van der Waals surface area contributed by atoms with Gasteiger partial charge in [0.25, 0.3) is 11.8 Å². The number of likely N-dealkylation sites (N-methyl/N-ethyl adjacent to an activating group) is 1. The molecule has 0 radical (unpaired) electrons. The van der Waals surface area contributed by atoms with Gasteiger partial charge in [-0.05, 0) is 36.2 Å². The van der Waals surface area contributed by atoms with E-state index in [1.165, 1.54) is 5.56 Å². The van der Waals surface area contributed by atoms with Gasteiger partial charge in [-0.25, -0.2) is 0 Å². The zero-order valence-electron chi connectivity index (χ0n) is 16.7. The van der Waals surface area contributed by atoms with E-state index in [4.69, 9.17) is 14.0 Å². The third kappa shape index (κ3) is 6.34. The molecule has 7 nitrogen and oxygen atoms in total. The lowest BCUT2D eigenvalue weighted by Gasteiger charge is -2.16. The number of ether oxygens (including phenoxy) is 2. The number of aryl methyl sites for hydroxylation is 1. The van der Waals surface area contributed by atoms with Crippen molar-refractivity contribution in [1.82, 2.24) is 15.0 Å². The van der Waals surface area contributed by atoms with E-state index in [1.54, 1.807) is 11.9 Å². The van der Waals surface area contributed by atoms with Crippen LogP contribution in [0.4, 0.5) is 0 Å². The summed E-state index contributed by atoms with van der Waals surface area (Å²) in [6.07, 6.45) is 1.48. The Hall–Kier alpha value is -3.35. The van der Waals surface area contributed by atoms with Gasteiger partial charge in [0.1, 0.15) is 11.5 Å². The molecule has 0 saturated carbocycles. The molecule has 0 N–H and O–H groups in total. The van der Waals surface area contributed by atoms with Gasteiger partial charge in [-0.2, -0.15) is 4.98 Å². The second-order valence-corrected chi connectivity index (χ2v) is 6.56. The molecule has 1 heterocycles. The van der Waals surface area contributed by atoms with Gasteiger partial charge in [-0.1, -0.05) is 42.4 Å². The molecule has 0 atom stereocenters. The molecule has 0 aliphatic carbocycles. The third-order valence-corrected chi connectivity index (χ3v) is 4.41.